The molecule has 136 valence electrons. The van der Waals surface area contributed by atoms with Crippen LogP contribution in [0.4, 0.5) is 0 Å². The van der Waals surface area contributed by atoms with Crippen LogP contribution in [0, 0.1) is 5.92 Å². The van der Waals surface area contributed by atoms with Crippen molar-refractivity contribution < 1.29 is 14.3 Å². The minimum absolute atomic E-state index is 0.0539. The summed E-state index contributed by atoms with van der Waals surface area (Å²) in [5, 5.41) is 3.12. The van der Waals surface area contributed by atoms with Crippen LogP contribution in [0.25, 0.3) is 0 Å². The molecular weight excluding hydrogens is 314 g/mol. The molecule has 0 saturated heterocycles. The average molecular weight is 343 g/mol. The van der Waals surface area contributed by atoms with Crippen LogP contribution in [-0.4, -0.2) is 17.4 Å². The molecule has 0 spiro atoms. The molecule has 1 aromatic rings. The molecule has 0 aliphatic heterocycles. The van der Waals surface area contributed by atoms with E-state index < -0.39 is 5.54 Å². The molecule has 0 bridgehead atoms. The fourth-order valence-corrected chi connectivity index (χ4v) is 4.10. The highest BCUT2D eigenvalue weighted by Crippen LogP contribution is 2.32. The van der Waals surface area contributed by atoms with Crippen LogP contribution < -0.4 is 5.32 Å². The first-order valence-corrected chi connectivity index (χ1v) is 9.73. The summed E-state index contributed by atoms with van der Waals surface area (Å²) in [6.45, 7) is 0.265. The smallest absolute Gasteiger partial charge is 0.332 e. The van der Waals surface area contributed by atoms with E-state index in [1.807, 2.05) is 30.3 Å². The number of amides is 1. The van der Waals surface area contributed by atoms with Gasteiger partial charge >= 0.3 is 5.97 Å². The Bertz CT molecular complexity index is 572. The summed E-state index contributed by atoms with van der Waals surface area (Å²) < 4.78 is 5.61. The van der Waals surface area contributed by atoms with Gasteiger partial charge in [0.1, 0.15) is 12.1 Å². The number of hydrogen-bond acceptors (Lipinski definition) is 3. The average Bonchev–Trinajstić information content (AvgIpc) is 2.68. The van der Waals surface area contributed by atoms with Gasteiger partial charge in [-0.05, 0) is 31.2 Å². The summed E-state index contributed by atoms with van der Waals surface area (Å²) in [5.74, 6) is -0.145. The van der Waals surface area contributed by atoms with Crippen LogP contribution in [0.15, 0.2) is 30.3 Å². The molecule has 0 radical (unpaired) electrons. The zero-order valence-electron chi connectivity index (χ0n) is 15.0. The first kappa shape index (κ1) is 18.0. The largest absolute Gasteiger partial charge is 0.459 e. The first-order chi connectivity index (χ1) is 12.2. The SMILES string of the molecule is O=C(NC1(C(=O)OCc2ccccc2)CCCCC1)C1CCCCC1. The van der Waals surface area contributed by atoms with Crippen molar-refractivity contribution in [2.75, 3.05) is 0 Å². The Balaban J connectivity index is 1.64. The van der Waals surface area contributed by atoms with Crippen molar-refractivity contribution in [1.29, 1.82) is 0 Å². The van der Waals surface area contributed by atoms with E-state index >= 15 is 0 Å². The van der Waals surface area contributed by atoms with Crippen LogP contribution in [-0.2, 0) is 20.9 Å². The van der Waals surface area contributed by atoms with E-state index in [1.54, 1.807) is 0 Å². The van der Waals surface area contributed by atoms with Gasteiger partial charge in [0.25, 0.3) is 0 Å². The molecule has 1 N–H and O–H groups in total. The van der Waals surface area contributed by atoms with E-state index in [0.717, 1.165) is 50.5 Å². The number of carbonyl (C=O) groups is 2. The van der Waals surface area contributed by atoms with Gasteiger partial charge in [0.15, 0.2) is 0 Å². The number of benzene rings is 1. The number of ether oxygens (including phenoxy) is 1. The lowest BCUT2D eigenvalue weighted by Crippen LogP contribution is -2.57. The van der Waals surface area contributed by atoms with Crippen molar-refractivity contribution in [3.05, 3.63) is 35.9 Å². The maximum absolute atomic E-state index is 12.9. The molecule has 2 fully saturated rings. The van der Waals surface area contributed by atoms with Gasteiger partial charge in [-0.15, -0.1) is 0 Å². The van der Waals surface area contributed by atoms with Crippen molar-refractivity contribution in [3.63, 3.8) is 0 Å². The zero-order valence-corrected chi connectivity index (χ0v) is 15.0. The highest BCUT2D eigenvalue weighted by Gasteiger charge is 2.43. The summed E-state index contributed by atoms with van der Waals surface area (Å²) in [6.07, 6.45) is 9.77. The molecule has 0 unspecified atom stereocenters. The van der Waals surface area contributed by atoms with Crippen LogP contribution >= 0.6 is 0 Å². The molecule has 0 heterocycles. The maximum Gasteiger partial charge on any atom is 0.332 e. The van der Waals surface area contributed by atoms with Gasteiger partial charge in [-0.1, -0.05) is 68.9 Å². The third-order valence-electron chi connectivity index (χ3n) is 5.65. The third-order valence-corrected chi connectivity index (χ3v) is 5.65. The van der Waals surface area contributed by atoms with Crippen molar-refractivity contribution in [2.24, 2.45) is 5.92 Å². The summed E-state index contributed by atoms with van der Waals surface area (Å²) in [6, 6.07) is 9.70. The number of hydrogen-bond donors (Lipinski definition) is 1. The zero-order chi connectivity index (χ0) is 17.5. The van der Waals surface area contributed by atoms with Gasteiger partial charge in [-0.2, -0.15) is 0 Å². The molecule has 1 amide bonds. The Hall–Kier alpha value is -1.84. The minimum Gasteiger partial charge on any atom is -0.459 e. The summed E-state index contributed by atoms with van der Waals surface area (Å²) in [7, 11) is 0. The van der Waals surface area contributed by atoms with Crippen LogP contribution in [0.2, 0.25) is 0 Å². The first-order valence-electron chi connectivity index (χ1n) is 9.73. The second-order valence-electron chi connectivity index (χ2n) is 7.53. The molecule has 1 aromatic carbocycles. The highest BCUT2D eigenvalue weighted by atomic mass is 16.5. The van der Waals surface area contributed by atoms with Crippen molar-refractivity contribution in [3.8, 4) is 0 Å². The molecule has 0 aromatic heterocycles. The Morgan fingerprint density at radius 1 is 0.960 bits per heavy atom. The van der Waals surface area contributed by atoms with E-state index in [-0.39, 0.29) is 24.4 Å². The van der Waals surface area contributed by atoms with E-state index in [0.29, 0.717) is 12.8 Å². The predicted octanol–water partition coefficient (Wildman–Crippen LogP) is 4.13. The molecule has 4 nitrogen and oxygen atoms in total. The number of carbonyl (C=O) groups excluding carboxylic acids is 2. The monoisotopic (exact) mass is 343 g/mol. The Morgan fingerprint density at radius 2 is 1.60 bits per heavy atom. The number of nitrogens with one attached hydrogen (secondary N) is 1. The van der Waals surface area contributed by atoms with Gasteiger partial charge in [0, 0.05) is 5.92 Å². The van der Waals surface area contributed by atoms with Crippen LogP contribution in [0.3, 0.4) is 0 Å². The molecule has 4 heteroatoms. The van der Waals surface area contributed by atoms with Crippen molar-refractivity contribution in [2.45, 2.75) is 76.4 Å². The molecule has 0 atom stereocenters. The predicted molar refractivity (Wildman–Crippen MR) is 96.8 cm³/mol. The van der Waals surface area contributed by atoms with E-state index in [9.17, 15) is 9.59 Å². The van der Waals surface area contributed by atoms with Gasteiger partial charge < -0.3 is 10.1 Å². The fraction of sp³-hybridized carbons (Fsp3) is 0.619. The Labute approximate surface area is 150 Å². The third kappa shape index (κ3) is 4.62. The molecular formula is C21H29NO3. The molecule has 2 aliphatic carbocycles. The summed E-state index contributed by atoms with van der Waals surface area (Å²) >= 11 is 0. The molecule has 2 saturated carbocycles. The minimum atomic E-state index is -0.818. The van der Waals surface area contributed by atoms with E-state index in [4.69, 9.17) is 4.74 Å². The number of rotatable bonds is 5. The van der Waals surface area contributed by atoms with Gasteiger partial charge in [-0.3, -0.25) is 4.79 Å². The molecule has 2 aliphatic rings. The molecule has 25 heavy (non-hydrogen) atoms. The second kappa shape index (κ2) is 8.50. The van der Waals surface area contributed by atoms with Gasteiger partial charge in [-0.25, -0.2) is 4.79 Å². The lowest BCUT2D eigenvalue weighted by molar-refractivity contribution is -0.157. The van der Waals surface area contributed by atoms with Gasteiger partial charge in [0.2, 0.25) is 5.91 Å². The second-order valence-corrected chi connectivity index (χ2v) is 7.53. The van der Waals surface area contributed by atoms with Crippen LogP contribution in [0.1, 0.15) is 69.8 Å². The summed E-state index contributed by atoms with van der Waals surface area (Å²) in [4.78, 5) is 25.6. The van der Waals surface area contributed by atoms with Crippen molar-refractivity contribution in [1.82, 2.24) is 5.32 Å². The van der Waals surface area contributed by atoms with E-state index in [1.165, 1.54) is 6.42 Å². The van der Waals surface area contributed by atoms with Crippen molar-refractivity contribution >= 4 is 11.9 Å². The van der Waals surface area contributed by atoms with Gasteiger partial charge in [0.05, 0.1) is 0 Å². The standard InChI is InChI=1S/C21H29NO3/c23-19(18-12-6-2-7-13-18)22-21(14-8-3-9-15-21)20(24)25-16-17-10-4-1-5-11-17/h1,4-5,10-11,18H,2-3,6-9,12-16H2,(H,22,23). The highest BCUT2D eigenvalue weighted by molar-refractivity contribution is 5.89. The Kier molecular flexibility index (Phi) is 6.11. The van der Waals surface area contributed by atoms with Crippen LogP contribution in [0.5, 0.6) is 0 Å². The summed E-state index contributed by atoms with van der Waals surface area (Å²) in [5.41, 5.74) is 0.155. The lowest BCUT2D eigenvalue weighted by atomic mass is 9.80. The fourth-order valence-electron chi connectivity index (χ4n) is 4.10. The normalized spacial score (nSPS) is 20.6. The maximum atomic E-state index is 12.9. The van der Waals surface area contributed by atoms with E-state index in [2.05, 4.69) is 5.32 Å². The lowest BCUT2D eigenvalue weighted by Gasteiger charge is -2.37. The quantitative estimate of drug-likeness (QED) is 0.818. The topological polar surface area (TPSA) is 55.4 Å². The molecule has 3 rings (SSSR count). The number of esters is 1. The Morgan fingerprint density at radius 3 is 2.28 bits per heavy atom.